The number of ether oxygens (including phenoxy) is 1. The molecule has 1 saturated heterocycles. The van der Waals surface area contributed by atoms with Gasteiger partial charge in [0.1, 0.15) is 0 Å². The van der Waals surface area contributed by atoms with Gasteiger partial charge in [0.15, 0.2) is 10.8 Å². The van der Waals surface area contributed by atoms with Gasteiger partial charge in [0.05, 0.1) is 18.2 Å². The third kappa shape index (κ3) is 3.29. The molecular weight excluding hydrogens is 314 g/mol. The summed E-state index contributed by atoms with van der Waals surface area (Å²) in [5.74, 6) is 0.573. The molecule has 1 aromatic rings. The molecule has 0 aromatic carbocycles. The Balaban J connectivity index is 1.90. The number of rotatable bonds is 5. The van der Waals surface area contributed by atoms with Gasteiger partial charge >= 0.3 is 5.97 Å². The third-order valence-corrected chi connectivity index (χ3v) is 4.49. The summed E-state index contributed by atoms with van der Waals surface area (Å²) in [6.07, 6.45) is 2.39. The van der Waals surface area contributed by atoms with Crippen molar-refractivity contribution in [2.75, 3.05) is 20.1 Å². The van der Waals surface area contributed by atoms with Gasteiger partial charge in [-0.05, 0) is 20.9 Å². The molecule has 0 amide bonds. The van der Waals surface area contributed by atoms with Gasteiger partial charge in [-0.25, -0.2) is 9.78 Å². The molecule has 1 aromatic heterocycles. The summed E-state index contributed by atoms with van der Waals surface area (Å²) in [7, 11) is 1.84. The molecule has 1 unspecified atom stereocenters. The number of amidine groups is 1. The van der Waals surface area contributed by atoms with Crippen LogP contribution in [0.1, 0.15) is 25.3 Å². The minimum atomic E-state index is -0.271. The van der Waals surface area contributed by atoms with Gasteiger partial charge in [0, 0.05) is 36.3 Å². The first kappa shape index (κ1) is 16.1. The smallest absolute Gasteiger partial charge is 0.337 e. The van der Waals surface area contributed by atoms with Gasteiger partial charge in [-0.1, -0.05) is 0 Å². The number of hydrazine groups is 1. The normalized spacial score (nSPS) is 20.8. The third-order valence-electron chi connectivity index (χ3n) is 3.72. The van der Waals surface area contributed by atoms with Gasteiger partial charge in [-0.15, -0.1) is 11.3 Å². The fraction of sp³-hybridized carbons (Fsp3) is 0.533. The predicted octanol–water partition coefficient (Wildman–Crippen LogP) is 0.907. The van der Waals surface area contributed by atoms with Crippen molar-refractivity contribution in [1.82, 2.24) is 20.7 Å². The van der Waals surface area contributed by atoms with E-state index in [1.165, 1.54) is 0 Å². The van der Waals surface area contributed by atoms with Crippen LogP contribution in [0.15, 0.2) is 27.8 Å². The van der Waals surface area contributed by atoms with Crippen molar-refractivity contribution in [1.29, 1.82) is 0 Å². The zero-order chi connectivity index (χ0) is 16.4. The lowest BCUT2D eigenvalue weighted by Crippen LogP contribution is -2.41. The molecule has 7 nitrogen and oxygen atoms in total. The minimum Gasteiger partial charge on any atom is -0.460 e. The average Bonchev–Trinajstić information content (AvgIpc) is 3.14. The molecule has 0 saturated carbocycles. The number of esters is 1. The summed E-state index contributed by atoms with van der Waals surface area (Å²) in [4.78, 5) is 23.4. The Bertz CT molecular complexity index is 638. The lowest BCUT2D eigenvalue weighted by atomic mass is 10.1. The molecule has 8 heteroatoms. The summed E-state index contributed by atoms with van der Waals surface area (Å²) in [5.41, 5.74) is 7.84. The van der Waals surface area contributed by atoms with Crippen LogP contribution in [0, 0.1) is 0 Å². The van der Waals surface area contributed by atoms with Crippen molar-refractivity contribution in [3.8, 4) is 0 Å². The van der Waals surface area contributed by atoms with Crippen LogP contribution in [0.2, 0.25) is 0 Å². The number of hydrogen-bond acceptors (Lipinski definition) is 8. The van der Waals surface area contributed by atoms with E-state index in [1.807, 2.05) is 26.3 Å². The molecule has 0 aliphatic carbocycles. The predicted molar refractivity (Wildman–Crippen MR) is 89.1 cm³/mol. The summed E-state index contributed by atoms with van der Waals surface area (Å²) < 4.78 is 5.38. The second-order valence-electron chi connectivity index (χ2n) is 5.76. The van der Waals surface area contributed by atoms with Crippen molar-refractivity contribution in [2.45, 2.75) is 32.4 Å². The van der Waals surface area contributed by atoms with E-state index in [4.69, 9.17) is 4.74 Å². The van der Waals surface area contributed by atoms with E-state index in [0.717, 1.165) is 29.5 Å². The minimum absolute atomic E-state index is 0.138. The number of aromatic nitrogens is 1. The van der Waals surface area contributed by atoms with Crippen LogP contribution in [0.3, 0.4) is 0 Å². The van der Waals surface area contributed by atoms with Crippen LogP contribution in [-0.2, 0) is 9.53 Å². The van der Waals surface area contributed by atoms with E-state index in [-0.39, 0.29) is 18.1 Å². The van der Waals surface area contributed by atoms with E-state index in [2.05, 4.69) is 25.7 Å². The lowest BCUT2D eigenvalue weighted by Gasteiger charge is -2.27. The Kier molecular flexibility index (Phi) is 4.74. The monoisotopic (exact) mass is 335 g/mol. The highest BCUT2D eigenvalue weighted by atomic mass is 32.1. The molecular formula is C15H21N5O2S. The summed E-state index contributed by atoms with van der Waals surface area (Å²) in [6.45, 7) is 4.80. The molecule has 0 bridgehead atoms. The van der Waals surface area contributed by atoms with E-state index in [0.29, 0.717) is 12.1 Å². The SMILES string of the molecule is CNNC1CC2=C(C(=O)OC(C)C)CN=C(c3nccs3)N2C1. The molecule has 2 N–H and O–H groups in total. The van der Waals surface area contributed by atoms with Crippen LogP contribution in [0.5, 0.6) is 0 Å². The molecule has 3 heterocycles. The van der Waals surface area contributed by atoms with Gasteiger partial charge < -0.3 is 9.64 Å². The standard InChI is InChI=1S/C15H21N5O2S/c1-9(2)22-15(21)11-7-18-13(14-17-4-5-23-14)20-8-10(19-16-3)6-12(11)20/h4-5,9-10,16,19H,6-8H2,1-3H3. The first-order chi connectivity index (χ1) is 11.1. The number of aliphatic imine (C=N–C) groups is 1. The van der Waals surface area contributed by atoms with Crippen molar-refractivity contribution in [2.24, 2.45) is 4.99 Å². The molecule has 23 heavy (non-hydrogen) atoms. The molecule has 0 spiro atoms. The van der Waals surface area contributed by atoms with Gasteiger partial charge in [-0.3, -0.25) is 15.8 Å². The van der Waals surface area contributed by atoms with Crippen LogP contribution in [0.4, 0.5) is 0 Å². The molecule has 1 atom stereocenters. The zero-order valence-electron chi connectivity index (χ0n) is 13.5. The number of nitrogens with one attached hydrogen (secondary N) is 2. The summed E-state index contributed by atoms with van der Waals surface area (Å²) >= 11 is 1.55. The van der Waals surface area contributed by atoms with Gasteiger partial charge in [0.2, 0.25) is 0 Å². The summed E-state index contributed by atoms with van der Waals surface area (Å²) in [6, 6.07) is 0.208. The van der Waals surface area contributed by atoms with E-state index < -0.39 is 0 Å². The molecule has 2 aliphatic rings. The largest absolute Gasteiger partial charge is 0.460 e. The Labute approximate surface area is 139 Å². The molecule has 2 aliphatic heterocycles. The van der Waals surface area contributed by atoms with Crippen LogP contribution >= 0.6 is 11.3 Å². The highest BCUT2D eigenvalue weighted by Crippen LogP contribution is 2.31. The van der Waals surface area contributed by atoms with Crippen molar-refractivity contribution < 1.29 is 9.53 Å². The zero-order valence-corrected chi connectivity index (χ0v) is 14.3. The lowest BCUT2D eigenvalue weighted by molar-refractivity contribution is -0.142. The maximum atomic E-state index is 12.4. The van der Waals surface area contributed by atoms with E-state index in [1.54, 1.807) is 17.5 Å². The molecule has 3 rings (SSSR count). The van der Waals surface area contributed by atoms with Crippen molar-refractivity contribution in [3.63, 3.8) is 0 Å². The maximum absolute atomic E-state index is 12.4. The van der Waals surface area contributed by atoms with Crippen molar-refractivity contribution in [3.05, 3.63) is 27.9 Å². The fourth-order valence-corrected chi connectivity index (χ4v) is 3.51. The summed E-state index contributed by atoms with van der Waals surface area (Å²) in [5, 5.41) is 2.81. The highest BCUT2D eigenvalue weighted by molar-refractivity contribution is 7.11. The van der Waals surface area contributed by atoms with Crippen LogP contribution in [0.25, 0.3) is 0 Å². The van der Waals surface area contributed by atoms with Gasteiger partial charge in [-0.2, -0.15) is 0 Å². The quantitative estimate of drug-likeness (QED) is 0.615. The van der Waals surface area contributed by atoms with Crippen LogP contribution in [-0.4, -0.2) is 54.0 Å². The number of hydrogen-bond donors (Lipinski definition) is 2. The second kappa shape index (κ2) is 6.77. The first-order valence-corrected chi connectivity index (χ1v) is 8.55. The first-order valence-electron chi connectivity index (χ1n) is 7.67. The number of carbonyl (C=O) groups excluding carboxylic acids is 1. The van der Waals surface area contributed by atoms with E-state index >= 15 is 0 Å². The Morgan fingerprint density at radius 2 is 2.35 bits per heavy atom. The van der Waals surface area contributed by atoms with E-state index in [9.17, 15) is 4.79 Å². The Hall–Kier alpha value is -1.77. The average molecular weight is 335 g/mol. The number of thiazole rings is 1. The number of carbonyl (C=O) groups is 1. The molecule has 1 fully saturated rings. The Morgan fingerprint density at radius 3 is 3.00 bits per heavy atom. The number of nitrogens with zero attached hydrogens (tertiary/aromatic N) is 3. The van der Waals surface area contributed by atoms with Crippen molar-refractivity contribution >= 4 is 23.1 Å². The second-order valence-corrected chi connectivity index (χ2v) is 6.66. The molecule has 0 radical (unpaired) electrons. The molecule has 124 valence electrons. The fourth-order valence-electron chi connectivity index (χ4n) is 2.86. The number of fused-ring (bicyclic) bond motifs is 1. The maximum Gasteiger partial charge on any atom is 0.337 e. The van der Waals surface area contributed by atoms with Crippen LogP contribution < -0.4 is 10.9 Å². The van der Waals surface area contributed by atoms with Gasteiger partial charge in [0.25, 0.3) is 0 Å². The Morgan fingerprint density at radius 1 is 1.52 bits per heavy atom. The topological polar surface area (TPSA) is 78.8 Å². The highest BCUT2D eigenvalue weighted by Gasteiger charge is 2.37.